The summed E-state index contributed by atoms with van der Waals surface area (Å²) in [5.41, 5.74) is 2.46. The second-order valence-electron chi connectivity index (χ2n) is 5.17. The summed E-state index contributed by atoms with van der Waals surface area (Å²) in [5.74, 6) is 7.02. The van der Waals surface area contributed by atoms with E-state index in [9.17, 15) is 4.79 Å². The Labute approximate surface area is 123 Å². The predicted octanol–water partition coefficient (Wildman–Crippen LogP) is -0.814. The van der Waals surface area contributed by atoms with E-state index in [1.54, 1.807) is 11.9 Å². The minimum absolute atomic E-state index is 0.0634. The highest BCUT2D eigenvalue weighted by Crippen LogP contribution is 2.22. The maximum Gasteiger partial charge on any atom is 0.243 e. The molecule has 1 aliphatic heterocycles. The maximum absolute atomic E-state index is 11.6. The van der Waals surface area contributed by atoms with E-state index in [-0.39, 0.29) is 11.8 Å². The van der Waals surface area contributed by atoms with Crippen LogP contribution in [0.15, 0.2) is 0 Å². The van der Waals surface area contributed by atoms with Gasteiger partial charge in [-0.3, -0.25) is 10.2 Å². The van der Waals surface area contributed by atoms with Crippen LogP contribution in [0, 0.1) is 5.92 Å². The number of piperidine rings is 1. The van der Waals surface area contributed by atoms with E-state index in [4.69, 9.17) is 5.84 Å². The summed E-state index contributed by atoms with van der Waals surface area (Å²) in [4.78, 5) is 28.4. The number of nitrogen functional groups attached to an aromatic ring is 1. The van der Waals surface area contributed by atoms with Crippen LogP contribution >= 0.6 is 0 Å². The summed E-state index contributed by atoms with van der Waals surface area (Å²) in [6.45, 7) is 1.47. The Morgan fingerprint density at radius 3 is 2.48 bits per heavy atom. The van der Waals surface area contributed by atoms with Gasteiger partial charge in [-0.25, -0.2) is 5.84 Å². The van der Waals surface area contributed by atoms with Gasteiger partial charge in [0.25, 0.3) is 0 Å². The molecule has 2 rings (SSSR count). The molecule has 1 aromatic rings. The molecular formula is C12H22N8O. The molecule has 0 atom stereocenters. The molecule has 0 bridgehead atoms. The largest absolute Gasteiger partial charge is 0.359 e. The third kappa shape index (κ3) is 3.48. The maximum atomic E-state index is 11.6. The highest BCUT2D eigenvalue weighted by Gasteiger charge is 2.26. The lowest BCUT2D eigenvalue weighted by molar-refractivity contribution is -0.125. The van der Waals surface area contributed by atoms with Crippen molar-refractivity contribution in [3.05, 3.63) is 0 Å². The number of amides is 1. The number of anilines is 3. The summed E-state index contributed by atoms with van der Waals surface area (Å²) in [6.07, 6.45) is 1.57. The molecule has 0 aliphatic carbocycles. The first-order valence-electron chi connectivity index (χ1n) is 6.91. The monoisotopic (exact) mass is 294 g/mol. The fraction of sp³-hybridized carbons (Fsp3) is 0.667. The molecule has 1 aliphatic rings. The van der Waals surface area contributed by atoms with Gasteiger partial charge in [0.2, 0.25) is 23.8 Å². The third-order valence-corrected chi connectivity index (χ3v) is 3.54. The molecule has 0 spiro atoms. The predicted molar refractivity (Wildman–Crippen MR) is 81.0 cm³/mol. The van der Waals surface area contributed by atoms with E-state index in [0.29, 0.717) is 17.8 Å². The zero-order valence-corrected chi connectivity index (χ0v) is 12.6. The molecule has 1 fully saturated rings. The van der Waals surface area contributed by atoms with Crippen LogP contribution in [0.1, 0.15) is 12.8 Å². The first-order chi connectivity index (χ1) is 10.0. The number of nitrogens with zero attached hydrogens (tertiary/aromatic N) is 5. The summed E-state index contributed by atoms with van der Waals surface area (Å²) >= 11 is 0. The number of hydrogen-bond donors (Lipinski definition) is 3. The molecule has 0 saturated carbocycles. The van der Waals surface area contributed by atoms with Gasteiger partial charge in [-0.2, -0.15) is 15.0 Å². The van der Waals surface area contributed by atoms with Crippen LogP contribution in [0.5, 0.6) is 0 Å². The fourth-order valence-corrected chi connectivity index (χ4v) is 2.31. The van der Waals surface area contributed by atoms with Gasteiger partial charge in [-0.15, -0.1) is 0 Å². The number of hydrogen-bond acceptors (Lipinski definition) is 8. The van der Waals surface area contributed by atoms with Gasteiger partial charge >= 0.3 is 0 Å². The van der Waals surface area contributed by atoms with Crippen molar-refractivity contribution in [2.45, 2.75) is 12.8 Å². The minimum atomic E-state index is 0.0634. The van der Waals surface area contributed by atoms with Gasteiger partial charge in [-0.1, -0.05) is 0 Å². The molecule has 2 heterocycles. The van der Waals surface area contributed by atoms with Gasteiger partial charge in [-0.05, 0) is 12.8 Å². The number of nitrogens with one attached hydrogen (secondary N) is 2. The number of carbonyl (C=O) groups excluding carboxylic acids is 1. The molecule has 9 nitrogen and oxygen atoms in total. The average Bonchev–Trinajstić information content (AvgIpc) is 2.53. The molecule has 9 heteroatoms. The second kappa shape index (κ2) is 6.53. The van der Waals surface area contributed by atoms with E-state index in [0.717, 1.165) is 25.9 Å². The molecule has 1 amide bonds. The van der Waals surface area contributed by atoms with Crippen LogP contribution in [-0.2, 0) is 4.79 Å². The standard InChI is InChI=1S/C12H22N8O/c1-14-9(21)8-4-6-20(7-5-8)12-16-10(18-13)15-11(17-12)19(2)3/h8H,4-7,13H2,1-3H3,(H,14,21)(H,15,16,17,18). The van der Waals surface area contributed by atoms with E-state index < -0.39 is 0 Å². The number of nitrogens with two attached hydrogens (primary N) is 1. The summed E-state index contributed by atoms with van der Waals surface area (Å²) < 4.78 is 0. The molecule has 21 heavy (non-hydrogen) atoms. The van der Waals surface area contributed by atoms with Gasteiger partial charge in [0.1, 0.15) is 0 Å². The molecular weight excluding hydrogens is 272 g/mol. The Balaban J connectivity index is 2.12. The highest BCUT2D eigenvalue weighted by atomic mass is 16.1. The van der Waals surface area contributed by atoms with Crippen molar-refractivity contribution in [3.63, 3.8) is 0 Å². The fourth-order valence-electron chi connectivity index (χ4n) is 2.31. The zero-order valence-electron chi connectivity index (χ0n) is 12.6. The topological polar surface area (TPSA) is 112 Å². The molecule has 4 N–H and O–H groups in total. The van der Waals surface area contributed by atoms with E-state index >= 15 is 0 Å². The molecule has 116 valence electrons. The van der Waals surface area contributed by atoms with Crippen LogP contribution in [0.4, 0.5) is 17.8 Å². The van der Waals surface area contributed by atoms with Crippen molar-refractivity contribution >= 4 is 23.8 Å². The second-order valence-corrected chi connectivity index (χ2v) is 5.17. The minimum Gasteiger partial charge on any atom is -0.359 e. The highest BCUT2D eigenvalue weighted by molar-refractivity contribution is 5.78. The van der Waals surface area contributed by atoms with Gasteiger partial charge in [0, 0.05) is 40.2 Å². The number of aromatic nitrogens is 3. The number of carbonyl (C=O) groups is 1. The molecule has 0 aromatic carbocycles. The van der Waals surface area contributed by atoms with Gasteiger partial charge in [0.15, 0.2) is 0 Å². The smallest absolute Gasteiger partial charge is 0.243 e. The van der Waals surface area contributed by atoms with Crippen molar-refractivity contribution < 1.29 is 4.79 Å². The van der Waals surface area contributed by atoms with Gasteiger partial charge in [0.05, 0.1) is 0 Å². The third-order valence-electron chi connectivity index (χ3n) is 3.54. The Morgan fingerprint density at radius 2 is 1.95 bits per heavy atom. The summed E-state index contributed by atoms with van der Waals surface area (Å²) in [7, 11) is 5.39. The van der Waals surface area contributed by atoms with Crippen molar-refractivity contribution in [3.8, 4) is 0 Å². The zero-order chi connectivity index (χ0) is 15.4. The summed E-state index contributed by atoms with van der Waals surface area (Å²) in [6, 6.07) is 0. The Hall–Kier alpha value is -2.16. The normalized spacial score (nSPS) is 15.7. The first-order valence-corrected chi connectivity index (χ1v) is 6.91. The number of rotatable bonds is 4. The average molecular weight is 294 g/mol. The quantitative estimate of drug-likeness (QED) is 0.488. The Morgan fingerprint density at radius 1 is 1.29 bits per heavy atom. The van der Waals surface area contributed by atoms with Crippen LogP contribution in [-0.4, -0.2) is 55.1 Å². The van der Waals surface area contributed by atoms with Crippen LogP contribution in [0.3, 0.4) is 0 Å². The van der Waals surface area contributed by atoms with Crippen LogP contribution in [0.25, 0.3) is 0 Å². The van der Waals surface area contributed by atoms with Crippen molar-refractivity contribution in [2.24, 2.45) is 11.8 Å². The lowest BCUT2D eigenvalue weighted by atomic mass is 9.96. The number of hydrazine groups is 1. The lowest BCUT2D eigenvalue weighted by Gasteiger charge is -2.31. The van der Waals surface area contributed by atoms with Crippen LogP contribution < -0.4 is 26.4 Å². The van der Waals surface area contributed by atoms with Gasteiger partial charge < -0.3 is 15.1 Å². The summed E-state index contributed by atoms with van der Waals surface area (Å²) in [5, 5.41) is 2.70. The van der Waals surface area contributed by atoms with Crippen molar-refractivity contribution in [1.82, 2.24) is 20.3 Å². The SMILES string of the molecule is CNC(=O)C1CCN(c2nc(NN)nc(N(C)C)n2)CC1. The van der Waals surface area contributed by atoms with E-state index in [1.807, 2.05) is 14.1 Å². The molecule has 0 unspecified atom stereocenters. The molecule has 0 radical (unpaired) electrons. The Kier molecular flexibility index (Phi) is 4.73. The lowest BCUT2D eigenvalue weighted by Crippen LogP contribution is -2.40. The van der Waals surface area contributed by atoms with Crippen molar-refractivity contribution in [2.75, 3.05) is 49.5 Å². The Bertz CT molecular complexity index is 498. The first kappa shape index (κ1) is 15.2. The van der Waals surface area contributed by atoms with E-state index in [2.05, 4.69) is 30.6 Å². The van der Waals surface area contributed by atoms with Crippen LogP contribution in [0.2, 0.25) is 0 Å². The van der Waals surface area contributed by atoms with E-state index in [1.165, 1.54) is 0 Å². The van der Waals surface area contributed by atoms with Crippen molar-refractivity contribution in [1.29, 1.82) is 0 Å². The molecule has 1 aromatic heterocycles. The molecule has 1 saturated heterocycles.